The maximum absolute atomic E-state index is 4.00. The van der Waals surface area contributed by atoms with Gasteiger partial charge in [-0.05, 0) is 116 Å². The zero-order chi connectivity index (χ0) is 37.7. The van der Waals surface area contributed by atoms with Crippen LogP contribution in [0.15, 0.2) is 12.2 Å². The summed E-state index contributed by atoms with van der Waals surface area (Å²) in [4.78, 5) is 0. The number of rotatable bonds is 12. The summed E-state index contributed by atoms with van der Waals surface area (Å²) in [5.41, 5.74) is 0. The van der Waals surface area contributed by atoms with Gasteiger partial charge < -0.3 is 5.32 Å². The van der Waals surface area contributed by atoms with Crippen molar-refractivity contribution in [1.29, 1.82) is 0 Å². The topological polar surface area (TPSA) is 12.0 Å². The molecule has 2 rings (SSSR count). The fourth-order valence-electron chi connectivity index (χ4n) is 7.18. The molecule has 0 amide bonds. The van der Waals surface area contributed by atoms with Gasteiger partial charge in [0.05, 0.1) is 0 Å². The molecule has 1 nitrogen and oxygen atoms in total. The van der Waals surface area contributed by atoms with Crippen LogP contribution in [0.1, 0.15) is 162 Å². The van der Waals surface area contributed by atoms with Crippen LogP contribution in [0.4, 0.5) is 0 Å². The number of thioether (sulfide) groups is 1. The van der Waals surface area contributed by atoms with Crippen molar-refractivity contribution in [2.45, 2.75) is 173 Å². The molecule has 10 atom stereocenters. The number of nitrogens with one attached hydrogen (secondary N) is 1. The molecule has 280 valence electrons. The minimum absolute atomic E-state index is 0.692. The number of hydrogen-bond donors (Lipinski definition) is 1. The zero-order valence-corrected chi connectivity index (χ0v) is 36.1. The molecule has 2 fully saturated rings. The summed E-state index contributed by atoms with van der Waals surface area (Å²) in [7, 11) is 2.15. The van der Waals surface area contributed by atoms with Gasteiger partial charge >= 0.3 is 0 Å². The van der Waals surface area contributed by atoms with Crippen molar-refractivity contribution in [1.82, 2.24) is 5.32 Å². The molecule has 0 spiro atoms. The first-order chi connectivity index (χ1) is 22.2. The van der Waals surface area contributed by atoms with Gasteiger partial charge in [0.25, 0.3) is 0 Å². The Labute approximate surface area is 305 Å². The van der Waals surface area contributed by atoms with E-state index in [0.29, 0.717) is 5.92 Å². The highest BCUT2D eigenvalue weighted by Gasteiger charge is 2.38. The molecule has 1 heterocycles. The lowest BCUT2D eigenvalue weighted by Crippen LogP contribution is -2.49. The molecule has 1 aliphatic carbocycles. The number of terminal acetylenes is 2. The second-order valence-electron chi connectivity index (χ2n) is 15.7. The monoisotopic (exact) mass is 676 g/mol. The molecule has 1 saturated carbocycles. The molecule has 0 bridgehead atoms. The minimum atomic E-state index is 0.692. The fraction of sp³-hybridized carbons (Fsp3) is 0.867. The van der Waals surface area contributed by atoms with Crippen LogP contribution in [0.2, 0.25) is 0 Å². The van der Waals surface area contributed by atoms with Crippen LogP contribution in [0.3, 0.4) is 0 Å². The normalized spacial score (nSPS) is 28.1. The van der Waals surface area contributed by atoms with Crippen LogP contribution in [0.25, 0.3) is 0 Å². The lowest BCUT2D eigenvalue weighted by molar-refractivity contribution is 0.0924. The van der Waals surface area contributed by atoms with E-state index >= 15 is 0 Å². The van der Waals surface area contributed by atoms with Crippen molar-refractivity contribution >= 4 is 11.8 Å². The van der Waals surface area contributed by atoms with Crippen LogP contribution in [-0.4, -0.2) is 24.1 Å². The summed E-state index contributed by atoms with van der Waals surface area (Å²) >= 11 is 2.23. The standard InChI is InChI=1S/C21H40.C14H29NS.C4H10.C2H6.2C2H2/c1-15(2)8-9-17(5)10-11-20-12-13-21(14-16(3)4)19(7)18(20)6;1-6-8-13-11(4)14(15-5)12(9-16-13)10(3)7-2;1-4(2)3;3*1-2/h8-9,15-21H,10-14H2,1-7H3;10-15H,6-9H2,1-5H3;4H,1-3H3;1-2H3;2*1-2H. The molecule has 1 saturated heterocycles. The molecular weight excluding hydrogens is 587 g/mol. The lowest BCUT2D eigenvalue weighted by Gasteiger charge is -2.43. The van der Waals surface area contributed by atoms with Gasteiger partial charge in [-0.2, -0.15) is 11.8 Å². The molecule has 0 aromatic heterocycles. The summed E-state index contributed by atoms with van der Waals surface area (Å²) in [5.74, 6) is 10.8. The average Bonchev–Trinajstić information content (AvgIpc) is 3.05. The molecule has 2 aliphatic rings. The highest BCUT2D eigenvalue weighted by Crippen LogP contribution is 2.43. The third kappa shape index (κ3) is 24.9. The molecule has 0 radical (unpaired) electrons. The van der Waals surface area contributed by atoms with E-state index in [1.165, 1.54) is 57.1 Å². The van der Waals surface area contributed by atoms with E-state index in [9.17, 15) is 0 Å². The van der Waals surface area contributed by atoms with Crippen LogP contribution < -0.4 is 5.32 Å². The summed E-state index contributed by atoms with van der Waals surface area (Å²) in [5, 5.41) is 4.47. The third-order valence-electron chi connectivity index (χ3n) is 10.2. The second-order valence-corrected chi connectivity index (χ2v) is 17.0. The Kier molecular flexibility index (Phi) is 37.9. The van der Waals surface area contributed by atoms with Crippen molar-refractivity contribution in [3.05, 3.63) is 12.2 Å². The Morgan fingerprint density at radius 1 is 0.745 bits per heavy atom. The Bertz CT molecular complexity index is 709. The van der Waals surface area contributed by atoms with Gasteiger partial charge in [0.15, 0.2) is 0 Å². The molecule has 10 unspecified atom stereocenters. The molecule has 0 aromatic rings. The van der Waals surface area contributed by atoms with E-state index in [1.807, 2.05) is 13.8 Å². The molecule has 47 heavy (non-hydrogen) atoms. The Morgan fingerprint density at radius 2 is 1.23 bits per heavy atom. The molecule has 0 aromatic carbocycles. The van der Waals surface area contributed by atoms with E-state index in [-0.39, 0.29) is 0 Å². The van der Waals surface area contributed by atoms with Crippen molar-refractivity contribution in [3.63, 3.8) is 0 Å². The largest absolute Gasteiger partial charge is 0.316 e. The minimum Gasteiger partial charge on any atom is -0.316 e. The molecule has 1 N–H and O–H groups in total. The summed E-state index contributed by atoms with van der Waals surface area (Å²) < 4.78 is 0. The highest BCUT2D eigenvalue weighted by molar-refractivity contribution is 8.00. The van der Waals surface area contributed by atoms with E-state index in [2.05, 4.69) is 159 Å². The van der Waals surface area contributed by atoms with Crippen LogP contribution in [0, 0.1) is 90.8 Å². The first-order valence-electron chi connectivity index (χ1n) is 19.8. The average molecular weight is 676 g/mol. The van der Waals surface area contributed by atoms with Crippen LogP contribution >= 0.6 is 11.8 Å². The maximum atomic E-state index is 4.00. The molecule has 1 aliphatic heterocycles. The summed E-state index contributed by atoms with van der Waals surface area (Å²) in [6.07, 6.45) is 32.0. The Balaban J connectivity index is -0.000000314. The first-order valence-corrected chi connectivity index (χ1v) is 20.9. The summed E-state index contributed by atoms with van der Waals surface area (Å²) in [6, 6.07) is 0.729. The van der Waals surface area contributed by atoms with Gasteiger partial charge in [0.2, 0.25) is 0 Å². The lowest BCUT2D eigenvalue weighted by atomic mass is 9.65. The predicted molar refractivity (Wildman–Crippen MR) is 224 cm³/mol. The van der Waals surface area contributed by atoms with Crippen molar-refractivity contribution in [3.8, 4) is 25.7 Å². The first kappa shape index (κ1) is 53.0. The van der Waals surface area contributed by atoms with Gasteiger partial charge in [-0.25, -0.2) is 0 Å². The quantitative estimate of drug-likeness (QED) is 0.163. The van der Waals surface area contributed by atoms with Crippen LogP contribution in [-0.2, 0) is 0 Å². The van der Waals surface area contributed by atoms with Crippen molar-refractivity contribution in [2.75, 3.05) is 12.8 Å². The van der Waals surface area contributed by atoms with Gasteiger partial charge in [-0.1, -0.05) is 136 Å². The third-order valence-corrected chi connectivity index (χ3v) is 11.9. The van der Waals surface area contributed by atoms with E-state index in [4.69, 9.17) is 0 Å². The maximum Gasteiger partial charge on any atom is 0.0139 e. The highest BCUT2D eigenvalue weighted by atomic mass is 32.2. The second kappa shape index (κ2) is 33.7. The zero-order valence-electron chi connectivity index (χ0n) is 35.2. The van der Waals surface area contributed by atoms with E-state index in [1.54, 1.807) is 0 Å². The van der Waals surface area contributed by atoms with Gasteiger partial charge in [-0.3, -0.25) is 0 Å². The van der Waals surface area contributed by atoms with E-state index in [0.717, 1.165) is 70.5 Å². The smallest absolute Gasteiger partial charge is 0.0139 e. The van der Waals surface area contributed by atoms with Crippen molar-refractivity contribution < 1.29 is 0 Å². The van der Waals surface area contributed by atoms with E-state index < -0.39 is 0 Å². The van der Waals surface area contributed by atoms with Crippen molar-refractivity contribution in [2.24, 2.45) is 65.1 Å². The molecular formula is C45H89NS. The number of hydrogen-bond acceptors (Lipinski definition) is 2. The van der Waals surface area contributed by atoms with Gasteiger partial charge in [0, 0.05) is 11.3 Å². The molecule has 2 heteroatoms. The SMILES string of the molecule is C#C.C#C.CC.CC(C)C.CC(C)C=CC(C)CCC1CCC(CC(C)C)C(C)C1C.CCCC1SCC(C(C)CC)C(NC)C1C. The number of allylic oxidation sites excluding steroid dienone is 2. The van der Waals surface area contributed by atoms with Crippen LogP contribution in [0.5, 0.6) is 0 Å². The summed E-state index contributed by atoms with van der Waals surface area (Å²) in [6.45, 7) is 36.7. The fourth-order valence-corrected chi connectivity index (χ4v) is 9.06. The van der Waals surface area contributed by atoms with Gasteiger partial charge in [-0.15, -0.1) is 25.7 Å². The Morgan fingerprint density at radius 3 is 1.66 bits per heavy atom. The Hall–Kier alpha value is -0.830. The predicted octanol–water partition coefficient (Wildman–Crippen LogP) is 13.9. The van der Waals surface area contributed by atoms with Gasteiger partial charge in [0.1, 0.15) is 0 Å².